The standard InChI is InChI=1S/C18H39B9O/c1-12(2)10-6-8-13(3)7-4-5-11(14(13,9-10)28-12)15(19,20)16(21,22)17(23,24)18(25,26)27/h5,10H,4,6-9,19-27H2,1-3H3/t10?,13-,14-/m0/s1. The average Bonchev–Trinajstić information content (AvgIpc) is 2.74. The van der Waals surface area contributed by atoms with Crippen LogP contribution in [0.5, 0.6) is 0 Å². The molecular weight excluding hydrogens is 330 g/mol. The van der Waals surface area contributed by atoms with Crippen molar-refractivity contribution in [2.24, 2.45) is 11.3 Å². The van der Waals surface area contributed by atoms with E-state index < -0.39 is 0 Å². The molecule has 28 heavy (non-hydrogen) atoms. The van der Waals surface area contributed by atoms with Crippen molar-refractivity contribution in [3.63, 3.8) is 0 Å². The van der Waals surface area contributed by atoms with Crippen LogP contribution in [0, 0.1) is 11.3 Å². The summed E-state index contributed by atoms with van der Waals surface area (Å²) in [5.41, 5.74) is 1.81. The molecule has 2 aliphatic carbocycles. The van der Waals surface area contributed by atoms with Gasteiger partial charge in [0.15, 0.2) is 0 Å². The first-order valence-corrected chi connectivity index (χ1v) is 11.8. The van der Waals surface area contributed by atoms with E-state index in [9.17, 15) is 0 Å². The van der Waals surface area contributed by atoms with Gasteiger partial charge < -0.3 is 4.74 Å². The Bertz CT molecular complexity index is 694. The molecule has 1 saturated carbocycles. The maximum Gasteiger partial charge on any atom is 0.103 e. The van der Waals surface area contributed by atoms with Gasteiger partial charge in [-0.25, -0.2) is 0 Å². The molecule has 1 saturated heterocycles. The van der Waals surface area contributed by atoms with Crippen molar-refractivity contribution in [3.05, 3.63) is 11.6 Å². The Kier molecular flexibility index (Phi) is 5.06. The summed E-state index contributed by atoms with van der Waals surface area (Å²) in [7, 11) is 22.3. The maximum absolute atomic E-state index is 7.19. The normalized spacial score (nSPS) is 35.8. The molecule has 0 amide bonds. The van der Waals surface area contributed by atoms with E-state index in [-0.39, 0.29) is 37.4 Å². The van der Waals surface area contributed by atoms with Crippen LogP contribution in [0.3, 0.4) is 0 Å². The topological polar surface area (TPSA) is 9.23 Å². The molecule has 0 aromatic heterocycles. The zero-order chi connectivity index (χ0) is 21.6. The van der Waals surface area contributed by atoms with E-state index in [2.05, 4.69) is 97.5 Å². The van der Waals surface area contributed by atoms with Gasteiger partial charge in [0, 0.05) is 5.41 Å². The van der Waals surface area contributed by atoms with Crippen LogP contribution < -0.4 is 0 Å². The SMILES string of the molecule is BC(B)(B)C(B)(B)C(B)(B)C(B)(B)C1=CCC[C@@]2(C)CCC3C[C@]12OC3(C)C. The van der Waals surface area contributed by atoms with Crippen molar-refractivity contribution in [1.29, 1.82) is 0 Å². The van der Waals surface area contributed by atoms with Gasteiger partial charge in [-0.1, -0.05) is 29.0 Å². The van der Waals surface area contributed by atoms with Gasteiger partial charge in [-0.2, -0.15) is 0 Å². The summed E-state index contributed by atoms with van der Waals surface area (Å²) in [6.07, 6.45) is 8.95. The van der Waals surface area contributed by atoms with Crippen molar-refractivity contribution >= 4 is 70.6 Å². The van der Waals surface area contributed by atoms with Crippen LogP contribution in [0.4, 0.5) is 0 Å². The van der Waals surface area contributed by atoms with E-state index in [0.717, 1.165) is 0 Å². The monoisotopic (exact) mass is 370 g/mol. The van der Waals surface area contributed by atoms with E-state index in [1.54, 1.807) is 5.57 Å². The summed E-state index contributed by atoms with van der Waals surface area (Å²) in [5.74, 6) is 0.691. The second-order valence-electron chi connectivity index (χ2n) is 13.8. The molecule has 10 heteroatoms. The molecule has 2 bridgehead atoms. The third-order valence-corrected chi connectivity index (χ3v) is 11.1. The first-order chi connectivity index (χ1) is 12.4. The largest absolute Gasteiger partial charge is 0.364 e. The van der Waals surface area contributed by atoms with Crippen LogP contribution in [-0.4, -0.2) is 81.8 Å². The van der Waals surface area contributed by atoms with Crippen molar-refractivity contribution < 1.29 is 4.74 Å². The fourth-order valence-corrected chi connectivity index (χ4v) is 7.01. The van der Waals surface area contributed by atoms with Gasteiger partial charge in [0.25, 0.3) is 0 Å². The number of hydrogen-bond donors (Lipinski definition) is 0. The van der Waals surface area contributed by atoms with Crippen LogP contribution in [0.1, 0.15) is 52.9 Å². The minimum atomic E-state index is -0.0770. The van der Waals surface area contributed by atoms with Crippen molar-refractivity contribution in [2.45, 2.75) is 84.8 Å². The zero-order valence-electron chi connectivity index (χ0n) is 21.1. The van der Waals surface area contributed by atoms with E-state index in [1.165, 1.54) is 32.1 Å². The lowest BCUT2D eigenvalue weighted by molar-refractivity contribution is -0.133. The van der Waals surface area contributed by atoms with Gasteiger partial charge in [0.1, 0.15) is 15.7 Å². The van der Waals surface area contributed by atoms with Gasteiger partial charge in [0.2, 0.25) is 0 Å². The number of rotatable bonds is 4. The smallest absolute Gasteiger partial charge is 0.103 e. The molecule has 1 spiro atoms. The fourth-order valence-electron chi connectivity index (χ4n) is 7.01. The Hall–Kier alpha value is 0.284. The van der Waals surface area contributed by atoms with E-state index in [0.29, 0.717) is 5.92 Å². The molecule has 1 heterocycles. The number of allylic oxidation sites excluding steroid dienone is 1. The Balaban J connectivity index is 2.15. The number of ether oxygens (including phenoxy) is 1. The van der Waals surface area contributed by atoms with Crippen LogP contribution in [-0.2, 0) is 4.74 Å². The summed E-state index contributed by atoms with van der Waals surface area (Å²) < 4.78 is 7.19. The molecule has 144 valence electrons. The fraction of sp³-hybridized carbons (Fsp3) is 0.889. The Morgan fingerprint density at radius 3 is 2.00 bits per heavy atom. The van der Waals surface area contributed by atoms with Crippen LogP contribution >= 0.6 is 0 Å². The number of hydrogen-bond acceptors (Lipinski definition) is 1. The minimum absolute atomic E-state index is 0.00599. The molecule has 3 atom stereocenters. The summed E-state index contributed by atoms with van der Waals surface area (Å²) in [6, 6.07) is 0. The van der Waals surface area contributed by atoms with Crippen molar-refractivity contribution in [1.82, 2.24) is 0 Å². The highest BCUT2D eigenvalue weighted by Gasteiger charge is 2.67. The second-order valence-corrected chi connectivity index (χ2v) is 13.8. The number of fused-ring (bicyclic) bond motifs is 1. The zero-order valence-corrected chi connectivity index (χ0v) is 21.1. The summed E-state index contributed by atoms with van der Waals surface area (Å²) in [6.45, 7) is 7.23. The Labute approximate surface area is 183 Å². The highest BCUT2D eigenvalue weighted by atomic mass is 16.5. The third-order valence-electron chi connectivity index (χ3n) is 11.1. The van der Waals surface area contributed by atoms with Crippen LogP contribution in [0.15, 0.2) is 11.6 Å². The first-order valence-electron chi connectivity index (χ1n) is 11.8. The quantitative estimate of drug-likeness (QED) is 0.365. The maximum atomic E-state index is 7.19. The van der Waals surface area contributed by atoms with Gasteiger partial charge in [-0.15, -0.1) is 10.3 Å². The highest BCUT2D eigenvalue weighted by molar-refractivity contribution is 6.72. The van der Waals surface area contributed by atoms with E-state index in [1.807, 2.05) is 0 Å². The molecule has 3 rings (SSSR count). The minimum Gasteiger partial charge on any atom is -0.364 e. The second kappa shape index (κ2) is 6.17. The van der Waals surface area contributed by atoms with Crippen LogP contribution in [0.2, 0.25) is 20.8 Å². The third kappa shape index (κ3) is 2.74. The first kappa shape index (κ1) is 23.0. The Morgan fingerprint density at radius 2 is 1.46 bits per heavy atom. The van der Waals surface area contributed by atoms with Gasteiger partial charge in [0.05, 0.1) is 66.1 Å². The van der Waals surface area contributed by atoms with Crippen LogP contribution in [0.25, 0.3) is 0 Å². The molecule has 1 aliphatic heterocycles. The van der Waals surface area contributed by atoms with Gasteiger partial charge >= 0.3 is 0 Å². The lowest BCUT2D eigenvalue weighted by Gasteiger charge is -2.65. The summed E-state index contributed by atoms with van der Waals surface area (Å²) >= 11 is 0. The van der Waals surface area contributed by atoms with Gasteiger partial charge in [-0.3, -0.25) is 0 Å². The Morgan fingerprint density at radius 1 is 0.893 bits per heavy atom. The molecular formula is C18H39B9O. The molecule has 0 aromatic rings. The van der Waals surface area contributed by atoms with Crippen molar-refractivity contribution in [3.8, 4) is 0 Å². The van der Waals surface area contributed by atoms with E-state index >= 15 is 0 Å². The summed E-state index contributed by atoms with van der Waals surface area (Å²) in [4.78, 5) is 0. The molecule has 1 unspecified atom stereocenters. The molecule has 0 N–H and O–H groups in total. The average molecular weight is 369 g/mol. The molecule has 3 aliphatic rings. The lowest BCUT2D eigenvalue weighted by atomic mass is 9.07. The van der Waals surface area contributed by atoms with E-state index in [4.69, 9.17) is 4.74 Å². The molecule has 0 aromatic carbocycles. The van der Waals surface area contributed by atoms with Gasteiger partial charge in [-0.05, 0) is 51.9 Å². The molecule has 1 nitrogen and oxygen atoms in total. The lowest BCUT2D eigenvalue weighted by Crippen LogP contribution is -2.58. The van der Waals surface area contributed by atoms with Crippen molar-refractivity contribution in [2.75, 3.05) is 0 Å². The summed E-state index contributed by atoms with van der Waals surface area (Å²) in [5, 5.41) is 0.597. The molecule has 0 radical (unpaired) electrons. The predicted molar refractivity (Wildman–Crippen MR) is 148 cm³/mol. The highest BCUT2D eigenvalue weighted by Crippen LogP contribution is 2.73. The molecule has 2 fully saturated rings. The predicted octanol–water partition coefficient (Wildman–Crippen LogP) is -3.82.